The van der Waals surface area contributed by atoms with Gasteiger partial charge in [0.2, 0.25) is 5.91 Å². The molecule has 0 aromatic carbocycles. The summed E-state index contributed by atoms with van der Waals surface area (Å²) >= 11 is 0. The highest BCUT2D eigenvalue weighted by atomic mass is 16.2. The van der Waals surface area contributed by atoms with Crippen molar-refractivity contribution in [2.45, 2.75) is 45.1 Å². The summed E-state index contributed by atoms with van der Waals surface area (Å²) in [5, 5.41) is 0. The molecular weight excluding hydrogens is 176 g/mol. The van der Waals surface area contributed by atoms with Gasteiger partial charge in [0.25, 0.3) is 0 Å². The minimum atomic E-state index is -0.473. The highest BCUT2D eigenvalue weighted by molar-refractivity contribution is 5.89. The molecule has 3 nitrogen and oxygen atoms in total. The minimum absolute atomic E-state index is 0.190. The smallest absolute Gasteiger partial charge is 0.242 e. The van der Waals surface area contributed by atoms with E-state index in [1.54, 1.807) is 0 Å². The van der Waals surface area contributed by atoms with Crippen LogP contribution in [-0.4, -0.2) is 29.4 Å². The van der Waals surface area contributed by atoms with Crippen LogP contribution in [0.2, 0.25) is 0 Å². The Morgan fingerprint density at radius 2 is 2.07 bits per heavy atom. The summed E-state index contributed by atoms with van der Waals surface area (Å²) in [5.41, 5.74) is 5.77. The van der Waals surface area contributed by atoms with Crippen molar-refractivity contribution < 1.29 is 4.79 Å². The summed E-state index contributed by atoms with van der Waals surface area (Å²) in [4.78, 5) is 13.9. The van der Waals surface area contributed by atoms with E-state index in [2.05, 4.69) is 13.8 Å². The van der Waals surface area contributed by atoms with E-state index in [-0.39, 0.29) is 5.91 Å². The van der Waals surface area contributed by atoms with Crippen molar-refractivity contribution in [1.29, 1.82) is 0 Å². The van der Waals surface area contributed by atoms with Crippen molar-refractivity contribution in [3.05, 3.63) is 0 Å². The molecule has 1 saturated carbocycles. The van der Waals surface area contributed by atoms with Crippen molar-refractivity contribution >= 4 is 5.91 Å². The third-order valence-corrected chi connectivity index (χ3v) is 3.91. The van der Waals surface area contributed by atoms with Gasteiger partial charge in [-0.25, -0.2) is 0 Å². The molecule has 0 radical (unpaired) electrons. The monoisotopic (exact) mass is 196 g/mol. The van der Waals surface area contributed by atoms with E-state index in [4.69, 9.17) is 5.73 Å². The Kier molecular flexibility index (Phi) is 2.11. The number of nitrogens with two attached hydrogens (primary N) is 1. The average molecular weight is 196 g/mol. The number of amides is 1. The summed E-state index contributed by atoms with van der Waals surface area (Å²) < 4.78 is 0. The summed E-state index contributed by atoms with van der Waals surface area (Å²) in [6.45, 7) is 6.27. The highest BCUT2D eigenvalue weighted by Crippen LogP contribution is 2.39. The molecule has 1 aliphatic carbocycles. The SMILES string of the molecule is CCC1(C)CCN(C(=O)C2(N)CC2)C1. The van der Waals surface area contributed by atoms with Gasteiger partial charge in [0.05, 0.1) is 5.54 Å². The highest BCUT2D eigenvalue weighted by Gasteiger charge is 2.50. The first-order valence-corrected chi connectivity index (χ1v) is 5.57. The van der Waals surface area contributed by atoms with E-state index in [0.717, 1.165) is 38.8 Å². The first kappa shape index (κ1) is 9.97. The van der Waals surface area contributed by atoms with Gasteiger partial charge >= 0.3 is 0 Å². The molecule has 2 N–H and O–H groups in total. The van der Waals surface area contributed by atoms with Crippen LogP contribution in [0, 0.1) is 5.41 Å². The van der Waals surface area contributed by atoms with Crippen LogP contribution in [0.4, 0.5) is 0 Å². The minimum Gasteiger partial charge on any atom is -0.341 e. The predicted molar refractivity (Wildman–Crippen MR) is 55.7 cm³/mol. The Balaban J connectivity index is 1.99. The van der Waals surface area contributed by atoms with Gasteiger partial charge in [-0.2, -0.15) is 0 Å². The summed E-state index contributed by atoms with van der Waals surface area (Å²) in [6.07, 6.45) is 4.04. The lowest BCUT2D eigenvalue weighted by Gasteiger charge is -2.24. The van der Waals surface area contributed by atoms with Crippen LogP contribution in [0.5, 0.6) is 0 Å². The van der Waals surface area contributed by atoms with Crippen LogP contribution in [-0.2, 0) is 4.79 Å². The molecular formula is C11H20N2O. The van der Waals surface area contributed by atoms with Crippen LogP contribution >= 0.6 is 0 Å². The quantitative estimate of drug-likeness (QED) is 0.719. The van der Waals surface area contributed by atoms with Gasteiger partial charge in [0.1, 0.15) is 0 Å². The second kappa shape index (κ2) is 2.96. The fraction of sp³-hybridized carbons (Fsp3) is 0.909. The Morgan fingerprint density at radius 1 is 1.43 bits per heavy atom. The summed E-state index contributed by atoms with van der Waals surface area (Å²) in [5.74, 6) is 0.190. The Labute approximate surface area is 85.6 Å². The zero-order valence-electron chi connectivity index (χ0n) is 9.18. The molecule has 2 fully saturated rings. The molecule has 0 aromatic rings. The number of hydrogen-bond acceptors (Lipinski definition) is 2. The molecule has 0 spiro atoms. The largest absolute Gasteiger partial charge is 0.341 e. The fourth-order valence-corrected chi connectivity index (χ4v) is 2.15. The van der Waals surface area contributed by atoms with E-state index in [1.807, 2.05) is 4.90 Å². The second-order valence-electron chi connectivity index (χ2n) is 5.30. The van der Waals surface area contributed by atoms with Gasteiger partial charge in [0, 0.05) is 13.1 Å². The topological polar surface area (TPSA) is 46.3 Å². The molecule has 0 aromatic heterocycles. The number of carbonyl (C=O) groups excluding carboxylic acids is 1. The molecule has 1 atom stereocenters. The molecule has 2 aliphatic rings. The van der Waals surface area contributed by atoms with Crippen molar-refractivity contribution in [3.63, 3.8) is 0 Å². The van der Waals surface area contributed by atoms with Crippen molar-refractivity contribution in [1.82, 2.24) is 4.90 Å². The van der Waals surface area contributed by atoms with Gasteiger partial charge in [-0.3, -0.25) is 4.79 Å². The number of nitrogens with zero attached hydrogens (tertiary/aromatic N) is 1. The molecule has 3 heteroatoms. The molecule has 14 heavy (non-hydrogen) atoms. The molecule has 1 amide bonds. The summed E-state index contributed by atoms with van der Waals surface area (Å²) in [6, 6.07) is 0. The van der Waals surface area contributed by atoms with Gasteiger partial charge in [0.15, 0.2) is 0 Å². The zero-order chi connectivity index (χ0) is 10.4. The van der Waals surface area contributed by atoms with Gasteiger partial charge in [-0.05, 0) is 31.1 Å². The lowest BCUT2D eigenvalue weighted by molar-refractivity contribution is -0.132. The number of hydrogen-bond donors (Lipinski definition) is 1. The van der Waals surface area contributed by atoms with Crippen LogP contribution in [0.3, 0.4) is 0 Å². The van der Waals surface area contributed by atoms with E-state index >= 15 is 0 Å². The summed E-state index contributed by atoms with van der Waals surface area (Å²) in [7, 11) is 0. The molecule has 2 rings (SSSR count). The third kappa shape index (κ3) is 1.54. The maximum Gasteiger partial charge on any atom is 0.242 e. The lowest BCUT2D eigenvalue weighted by Crippen LogP contribution is -2.45. The fourth-order valence-electron chi connectivity index (χ4n) is 2.15. The number of rotatable bonds is 2. The third-order valence-electron chi connectivity index (χ3n) is 3.91. The second-order valence-corrected chi connectivity index (χ2v) is 5.30. The number of likely N-dealkylation sites (tertiary alicyclic amines) is 1. The Morgan fingerprint density at radius 3 is 2.50 bits per heavy atom. The van der Waals surface area contributed by atoms with E-state index in [1.165, 1.54) is 0 Å². The van der Waals surface area contributed by atoms with Crippen molar-refractivity contribution in [2.75, 3.05) is 13.1 Å². The van der Waals surface area contributed by atoms with E-state index < -0.39 is 5.54 Å². The molecule has 0 bridgehead atoms. The molecule has 80 valence electrons. The van der Waals surface area contributed by atoms with Crippen LogP contribution < -0.4 is 5.73 Å². The van der Waals surface area contributed by atoms with Crippen LogP contribution in [0.1, 0.15) is 39.5 Å². The maximum absolute atomic E-state index is 11.9. The Bertz CT molecular complexity index is 260. The first-order valence-electron chi connectivity index (χ1n) is 5.57. The molecule has 1 aliphatic heterocycles. The van der Waals surface area contributed by atoms with Crippen molar-refractivity contribution in [3.8, 4) is 0 Å². The molecule has 1 unspecified atom stereocenters. The predicted octanol–water partition coefficient (Wildman–Crippen LogP) is 1.13. The van der Waals surface area contributed by atoms with Gasteiger partial charge in [-0.1, -0.05) is 13.8 Å². The van der Waals surface area contributed by atoms with Crippen LogP contribution in [0.25, 0.3) is 0 Å². The zero-order valence-corrected chi connectivity index (χ0v) is 9.18. The molecule has 1 heterocycles. The van der Waals surface area contributed by atoms with Crippen molar-refractivity contribution in [2.24, 2.45) is 11.1 Å². The standard InChI is InChI=1S/C11H20N2O/c1-3-10(2)6-7-13(8-10)9(14)11(12)4-5-11/h3-8,12H2,1-2H3. The number of carbonyl (C=O) groups is 1. The maximum atomic E-state index is 11.9. The van der Waals surface area contributed by atoms with Gasteiger partial charge in [-0.15, -0.1) is 0 Å². The molecule has 1 saturated heterocycles. The lowest BCUT2D eigenvalue weighted by atomic mass is 9.87. The van der Waals surface area contributed by atoms with Crippen LogP contribution in [0.15, 0.2) is 0 Å². The van der Waals surface area contributed by atoms with Gasteiger partial charge < -0.3 is 10.6 Å². The first-order chi connectivity index (χ1) is 6.49. The average Bonchev–Trinajstić information content (AvgIpc) is 2.79. The normalized spacial score (nSPS) is 34.6. The van der Waals surface area contributed by atoms with E-state index in [0.29, 0.717) is 5.41 Å². The van der Waals surface area contributed by atoms with E-state index in [9.17, 15) is 4.79 Å². The Hall–Kier alpha value is -0.570.